The van der Waals surface area contributed by atoms with Crippen LogP contribution in [0.15, 0.2) is 72.8 Å². The van der Waals surface area contributed by atoms with E-state index in [1.54, 1.807) is 42.5 Å². The maximum Gasteiger partial charge on any atom is 0.416 e. The summed E-state index contributed by atoms with van der Waals surface area (Å²) in [5, 5.41) is 5.03. The van der Waals surface area contributed by atoms with E-state index >= 15 is 0 Å². The van der Waals surface area contributed by atoms with Crippen molar-refractivity contribution in [1.82, 2.24) is 5.32 Å². The minimum atomic E-state index is -4.39. The van der Waals surface area contributed by atoms with E-state index in [4.69, 9.17) is 11.6 Å². The van der Waals surface area contributed by atoms with E-state index in [1.807, 2.05) is 11.8 Å². The summed E-state index contributed by atoms with van der Waals surface area (Å²) in [7, 11) is 0. The molecule has 3 aromatic carbocycles. The number of alkyl halides is 3. The number of benzene rings is 3. The third-order valence-corrected chi connectivity index (χ3v) is 5.35. The monoisotopic (exact) mass is 489 g/mol. The molecule has 0 heterocycles. The number of amides is 3. The highest BCUT2D eigenvalue weighted by Gasteiger charge is 2.30. The second-order valence-corrected chi connectivity index (χ2v) is 7.89. The number of halogens is 4. The Hall–Kier alpha value is -3.52. The molecule has 5 nitrogen and oxygen atoms in total. The standard InChI is InChI=1S/C25H23ClF3N3O2/c1-2-3-16-32(19-12-8-17(9-13-19)25(27,28)29)20-14-10-18(11-15-20)30-24(34)31-23(33)21-6-4-5-7-22(21)26/h4-15H,2-3,16H2,1H3,(H2,30,31,33,34). The van der Waals surface area contributed by atoms with Gasteiger partial charge in [-0.05, 0) is 67.1 Å². The molecule has 3 amide bonds. The number of carbonyl (C=O) groups excluding carboxylic acids is 2. The van der Waals surface area contributed by atoms with Crippen LogP contribution in [0.1, 0.15) is 35.7 Å². The van der Waals surface area contributed by atoms with Crippen molar-refractivity contribution in [3.05, 3.63) is 88.9 Å². The molecule has 0 aliphatic heterocycles. The fraction of sp³-hybridized carbons (Fsp3) is 0.200. The number of hydrogen-bond acceptors (Lipinski definition) is 3. The van der Waals surface area contributed by atoms with E-state index in [1.165, 1.54) is 18.2 Å². The van der Waals surface area contributed by atoms with Crippen LogP contribution in [0.4, 0.5) is 35.0 Å². The smallest absolute Gasteiger partial charge is 0.341 e. The van der Waals surface area contributed by atoms with Crippen molar-refractivity contribution in [3.8, 4) is 0 Å². The van der Waals surface area contributed by atoms with Crippen LogP contribution < -0.4 is 15.5 Å². The van der Waals surface area contributed by atoms with Gasteiger partial charge in [0.05, 0.1) is 16.1 Å². The molecule has 0 bridgehead atoms. The van der Waals surface area contributed by atoms with Crippen LogP contribution in [0.25, 0.3) is 0 Å². The van der Waals surface area contributed by atoms with Crippen LogP contribution in [-0.4, -0.2) is 18.5 Å². The third kappa shape index (κ3) is 6.51. The summed E-state index contributed by atoms with van der Waals surface area (Å²) in [5.74, 6) is -0.632. The molecule has 2 N–H and O–H groups in total. The Bertz CT molecular complexity index is 1130. The van der Waals surface area contributed by atoms with Crippen LogP contribution in [0.3, 0.4) is 0 Å². The minimum absolute atomic E-state index is 0.178. The minimum Gasteiger partial charge on any atom is -0.341 e. The molecule has 0 aromatic heterocycles. The van der Waals surface area contributed by atoms with Gasteiger partial charge in [-0.2, -0.15) is 13.2 Å². The fourth-order valence-corrected chi connectivity index (χ4v) is 3.48. The zero-order valence-corrected chi connectivity index (χ0v) is 19.1. The average molecular weight is 490 g/mol. The van der Waals surface area contributed by atoms with Gasteiger partial charge in [-0.25, -0.2) is 4.79 Å². The Morgan fingerprint density at radius 1 is 0.912 bits per heavy atom. The summed E-state index contributed by atoms with van der Waals surface area (Å²) in [5.41, 5.74) is 1.30. The van der Waals surface area contributed by atoms with Crippen molar-refractivity contribution in [3.63, 3.8) is 0 Å². The van der Waals surface area contributed by atoms with Gasteiger partial charge >= 0.3 is 12.2 Å². The highest BCUT2D eigenvalue weighted by Crippen LogP contribution is 2.33. The predicted octanol–water partition coefficient (Wildman–Crippen LogP) is 7.26. The van der Waals surface area contributed by atoms with Crippen molar-refractivity contribution in [2.45, 2.75) is 25.9 Å². The van der Waals surface area contributed by atoms with Gasteiger partial charge in [-0.3, -0.25) is 10.1 Å². The van der Waals surface area contributed by atoms with E-state index in [0.717, 1.165) is 30.7 Å². The number of hydrogen-bond donors (Lipinski definition) is 2. The summed E-state index contributed by atoms with van der Waals surface area (Å²) >= 11 is 5.97. The lowest BCUT2D eigenvalue weighted by Crippen LogP contribution is -2.34. The maximum atomic E-state index is 12.9. The normalized spacial score (nSPS) is 11.1. The van der Waals surface area contributed by atoms with Gasteiger partial charge in [0, 0.05) is 23.6 Å². The molecule has 0 atom stereocenters. The van der Waals surface area contributed by atoms with Crippen molar-refractivity contribution >= 4 is 40.6 Å². The lowest BCUT2D eigenvalue weighted by molar-refractivity contribution is -0.137. The van der Waals surface area contributed by atoms with Crippen LogP contribution in [0.2, 0.25) is 5.02 Å². The van der Waals surface area contributed by atoms with Gasteiger partial charge < -0.3 is 10.2 Å². The van der Waals surface area contributed by atoms with Gasteiger partial charge in [0.25, 0.3) is 5.91 Å². The second-order valence-electron chi connectivity index (χ2n) is 7.48. The van der Waals surface area contributed by atoms with Crippen LogP contribution in [0, 0.1) is 0 Å². The molecule has 0 aliphatic carbocycles. The molecule has 0 saturated carbocycles. The third-order valence-electron chi connectivity index (χ3n) is 5.02. The summed E-state index contributed by atoms with van der Waals surface area (Å²) in [6.07, 6.45) is -2.64. The first kappa shape index (κ1) is 25.1. The Balaban J connectivity index is 1.70. The molecule has 0 fully saturated rings. The van der Waals surface area contributed by atoms with Crippen molar-refractivity contribution in [2.75, 3.05) is 16.8 Å². The SMILES string of the molecule is CCCCN(c1ccc(NC(=O)NC(=O)c2ccccc2Cl)cc1)c1ccc(C(F)(F)F)cc1. The quantitative estimate of drug-likeness (QED) is 0.367. The van der Waals surface area contributed by atoms with Gasteiger partial charge in [-0.15, -0.1) is 0 Å². The number of carbonyl (C=O) groups is 2. The highest BCUT2D eigenvalue weighted by atomic mass is 35.5. The number of unbranched alkanes of at least 4 members (excludes halogenated alkanes) is 1. The van der Waals surface area contributed by atoms with Crippen molar-refractivity contribution in [1.29, 1.82) is 0 Å². The molecule has 3 aromatic rings. The summed E-state index contributed by atoms with van der Waals surface area (Å²) in [4.78, 5) is 26.3. The van der Waals surface area contributed by atoms with Crippen LogP contribution in [-0.2, 0) is 6.18 Å². The summed E-state index contributed by atoms with van der Waals surface area (Å²) in [6.45, 7) is 2.64. The van der Waals surface area contributed by atoms with Gasteiger partial charge in [0.1, 0.15) is 0 Å². The van der Waals surface area contributed by atoms with E-state index in [-0.39, 0.29) is 10.6 Å². The number of nitrogens with zero attached hydrogens (tertiary/aromatic N) is 1. The number of nitrogens with one attached hydrogen (secondary N) is 2. The average Bonchev–Trinajstić information content (AvgIpc) is 2.80. The maximum absolute atomic E-state index is 12.9. The summed E-state index contributed by atoms with van der Waals surface area (Å²) < 4.78 is 38.7. The molecular formula is C25H23ClF3N3O2. The lowest BCUT2D eigenvalue weighted by Gasteiger charge is -2.25. The second kappa shape index (κ2) is 11.1. The first-order valence-corrected chi connectivity index (χ1v) is 11.0. The highest BCUT2D eigenvalue weighted by molar-refractivity contribution is 6.34. The first-order chi connectivity index (χ1) is 16.2. The number of rotatable bonds is 7. The summed E-state index contributed by atoms with van der Waals surface area (Å²) in [6, 6.07) is 17.5. The molecule has 0 radical (unpaired) electrons. The van der Waals surface area contributed by atoms with Crippen LogP contribution in [0.5, 0.6) is 0 Å². The van der Waals surface area contributed by atoms with Gasteiger partial charge in [-0.1, -0.05) is 37.1 Å². The van der Waals surface area contributed by atoms with E-state index in [9.17, 15) is 22.8 Å². The van der Waals surface area contributed by atoms with E-state index in [0.29, 0.717) is 17.9 Å². The molecule has 34 heavy (non-hydrogen) atoms. The van der Waals surface area contributed by atoms with Crippen molar-refractivity contribution in [2.24, 2.45) is 0 Å². The molecule has 178 valence electrons. The van der Waals surface area contributed by atoms with E-state index in [2.05, 4.69) is 10.6 Å². The Morgan fingerprint density at radius 3 is 2.06 bits per heavy atom. The van der Waals surface area contributed by atoms with Gasteiger partial charge in [0.15, 0.2) is 0 Å². The van der Waals surface area contributed by atoms with Crippen molar-refractivity contribution < 1.29 is 22.8 Å². The Labute approximate surface area is 200 Å². The molecule has 3 rings (SSSR count). The molecule has 0 unspecified atom stereocenters. The van der Waals surface area contributed by atoms with E-state index < -0.39 is 23.7 Å². The lowest BCUT2D eigenvalue weighted by atomic mass is 10.1. The number of urea groups is 1. The Morgan fingerprint density at radius 2 is 1.50 bits per heavy atom. The molecule has 9 heteroatoms. The zero-order valence-electron chi connectivity index (χ0n) is 18.3. The largest absolute Gasteiger partial charge is 0.416 e. The zero-order chi connectivity index (χ0) is 24.7. The number of imide groups is 1. The molecule has 0 spiro atoms. The molecule has 0 aliphatic rings. The molecular weight excluding hydrogens is 467 g/mol. The number of anilines is 3. The van der Waals surface area contributed by atoms with Gasteiger partial charge in [0.2, 0.25) is 0 Å². The molecule has 0 saturated heterocycles. The van der Waals surface area contributed by atoms with Crippen LogP contribution >= 0.6 is 11.6 Å². The first-order valence-electron chi connectivity index (χ1n) is 10.6. The Kier molecular flexibility index (Phi) is 8.17. The fourth-order valence-electron chi connectivity index (χ4n) is 3.26. The predicted molar refractivity (Wildman–Crippen MR) is 128 cm³/mol. The topological polar surface area (TPSA) is 61.4 Å².